The predicted octanol–water partition coefficient (Wildman–Crippen LogP) is 3.71. The van der Waals surface area contributed by atoms with Gasteiger partial charge in [-0.1, -0.05) is 30.3 Å². The number of aryl methyl sites for hydroxylation is 1. The Kier molecular flexibility index (Phi) is 4.50. The topological polar surface area (TPSA) is 72.1 Å². The van der Waals surface area contributed by atoms with Gasteiger partial charge < -0.3 is 10.6 Å². The first-order valence-electron chi connectivity index (χ1n) is 8.57. The molecule has 1 aliphatic rings. The quantitative estimate of drug-likeness (QED) is 0.747. The number of amides is 1. The van der Waals surface area contributed by atoms with Gasteiger partial charge in [-0.05, 0) is 25.3 Å². The number of benzene rings is 1. The van der Waals surface area contributed by atoms with E-state index in [1.54, 1.807) is 6.20 Å². The second kappa shape index (κ2) is 6.81. The first-order chi connectivity index (χ1) is 12.6. The third-order valence-electron chi connectivity index (χ3n) is 5.07. The predicted molar refractivity (Wildman–Crippen MR) is 106 cm³/mol. The molecule has 1 fully saturated rings. The molecular weight excluding hydrogens is 364 g/mol. The smallest absolute Gasteiger partial charge is 0.265 e. The minimum absolute atomic E-state index is 0.0788. The van der Waals surface area contributed by atoms with Crippen LogP contribution in [0, 0.1) is 6.92 Å². The Morgan fingerprint density at radius 2 is 1.96 bits per heavy atom. The highest BCUT2D eigenvalue weighted by atomic mass is 32.1. The van der Waals surface area contributed by atoms with Crippen LogP contribution in [0.2, 0.25) is 0 Å². The van der Waals surface area contributed by atoms with Crippen LogP contribution in [0.15, 0.2) is 41.9 Å². The van der Waals surface area contributed by atoms with Crippen molar-refractivity contribution >= 4 is 33.7 Å². The van der Waals surface area contributed by atoms with Crippen molar-refractivity contribution in [1.29, 1.82) is 0 Å². The molecule has 134 valence electrons. The highest BCUT2D eigenvalue weighted by Gasteiger charge is 2.41. The third-order valence-corrected chi connectivity index (χ3v) is 6.65. The summed E-state index contributed by atoms with van der Waals surface area (Å²) >= 11 is 2.93. The second-order valence-electron chi connectivity index (χ2n) is 6.55. The Balaban J connectivity index is 1.61. The molecule has 0 spiro atoms. The molecule has 2 N–H and O–H groups in total. The van der Waals surface area contributed by atoms with Crippen LogP contribution in [0.25, 0.3) is 0 Å². The number of nitrogens with two attached hydrogens (primary N) is 1. The van der Waals surface area contributed by atoms with Crippen molar-refractivity contribution in [3.8, 4) is 0 Å². The molecule has 7 heteroatoms. The summed E-state index contributed by atoms with van der Waals surface area (Å²) in [6.07, 6.45) is 3.36. The van der Waals surface area contributed by atoms with Crippen LogP contribution in [-0.4, -0.2) is 33.9 Å². The number of likely N-dealkylation sites (tertiary alicyclic amines) is 1. The van der Waals surface area contributed by atoms with E-state index in [0.29, 0.717) is 23.1 Å². The van der Waals surface area contributed by atoms with Gasteiger partial charge in [-0.15, -0.1) is 22.7 Å². The Morgan fingerprint density at radius 1 is 1.23 bits per heavy atom. The number of rotatable bonds is 3. The van der Waals surface area contributed by atoms with Gasteiger partial charge in [0.05, 0.1) is 16.9 Å². The van der Waals surface area contributed by atoms with Gasteiger partial charge in [-0.25, -0.2) is 9.97 Å². The molecular formula is C19H20N4OS2. The fourth-order valence-electron chi connectivity index (χ4n) is 3.66. The summed E-state index contributed by atoms with van der Waals surface area (Å²) in [6.45, 7) is 3.31. The zero-order valence-electron chi connectivity index (χ0n) is 14.5. The molecule has 1 amide bonds. The SMILES string of the molecule is Cc1ncc(C(=O)N2CCC(c3ccccc3)(c3csc(N)n3)CC2)s1. The normalized spacial score (nSPS) is 16.6. The number of hydrogen-bond donors (Lipinski definition) is 1. The minimum atomic E-state index is -0.185. The standard InChI is InChI=1S/C19H20N4OS2/c1-13-21-11-15(26-13)17(24)23-9-7-19(8-10-23,14-5-3-2-4-6-14)16-12-25-18(20)22-16/h2-6,11-12H,7-10H2,1H3,(H2,20,22). The molecule has 1 saturated heterocycles. The fraction of sp³-hybridized carbons (Fsp3) is 0.316. The van der Waals surface area contributed by atoms with Crippen LogP contribution in [-0.2, 0) is 5.41 Å². The number of aromatic nitrogens is 2. The molecule has 0 aliphatic carbocycles. The summed E-state index contributed by atoms with van der Waals surface area (Å²) in [5.41, 5.74) is 7.99. The number of thiazole rings is 2. The number of carbonyl (C=O) groups is 1. The van der Waals surface area contributed by atoms with Gasteiger partial charge in [0.1, 0.15) is 4.88 Å². The molecule has 1 aromatic carbocycles. The maximum Gasteiger partial charge on any atom is 0.265 e. The molecule has 0 bridgehead atoms. The lowest BCUT2D eigenvalue weighted by Crippen LogP contribution is -2.45. The van der Waals surface area contributed by atoms with Gasteiger partial charge in [0.25, 0.3) is 5.91 Å². The number of piperidine rings is 1. The summed E-state index contributed by atoms with van der Waals surface area (Å²) in [4.78, 5) is 24.2. The van der Waals surface area contributed by atoms with Crippen molar-refractivity contribution in [2.24, 2.45) is 0 Å². The van der Waals surface area contributed by atoms with Gasteiger partial charge >= 0.3 is 0 Å². The van der Waals surface area contributed by atoms with Crippen LogP contribution in [0.4, 0.5) is 5.13 Å². The number of hydrogen-bond acceptors (Lipinski definition) is 6. The van der Waals surface area contributed by atoms with E-state index in [4.69, 9.17) is 5.73 Å². The Morgan fingerprint density at radius 3 is 2.54 bits per heavy atom. The Labute approximate surface area is 160 Å². The monoisotopic (exact) mass is 384 g/mol. The second-order valence-corrected chi connectivity index (χ2v) is 8.68. The molecule has 5 nitrogen and oxygen atoms in total. The van der Waals surface area contributed by atoms with Crippen LogP contribution in [0.1, 0.15) is 38.8 Å². The van der Waals surface area contributed by atoms with Gasteiger partial charge in [-0.3, -0.25) is 4.79 Å². The Bertz CT molecular complexity index is 911. The van der Waals surface area contributed by atoms with Crippen LogP contribution in [0.5, 0.6) is 0 Å². The lowest BCUT2D eigenvalue weighted by molar-refractivity contribution is 0.0689. The first kappa shape index (κ1) is 17.2. The fourth-order valence-corrected chi connectivity index (χ4v) is 5.07. The first-order valence-corrected chi connectivity index (χ1v) is 10.3. The van der Waals surface area contributed by atoms with Crippen LogP contribution < -0.4 is 5.73 Å². The maximum absolute atomic E-state index is 12.8. The van der Waals surface area contributed by atoms with E-state index < -0.39 is 0 Å². The molecule has 3 heterocycles. The van der Waals surface area contributed by atoms with Gasteiger partial charge in [0.15, 0.2) is 5.13 Å². The van der Waals surface area contributed by atoms with Crippen molar-refractivity contribution in [2.45, 2.75) is 25.2 Å². The van der Waals surface area contributed by atoms with Crippen LogP contribution in [0.3, 0.4) is 0 Å². The minimum Gasteiger partial charge on any atom is -0.375 e. The summed E-state index contributed by atoms with van der Waals surface area (Å²) in [7, 11) is 0. The van der Waals surface area contributed by atoms with Crippen LogP contribution >= 0.6 is 22.7 Å². The third kappa shape index (κ3) is 3.01. The lowest BCUT2D eigenvalue weighted by atomic mass is 9.70. The van der Waals surface area contributed by atoms with E-state index in [1.807, 2.05) is 17.9 Å². The molecule has 1 aliphatic heterocycles. The van der Waals surface area contributed by atoms with E-state index in [0.717, 1.165) is 23.5 Å². The van der Waals surface area contributed by atoms with Crippen molar-refractivity contribution in [3.63, 3.8) is 0 Å². The van der Waals surface area contributed by atoms with E-state index in [-0.39, 0.29) is 11.3 Å². The van der Waals surface area contributed by atoms with Crippen molar-refractivity contribution < 1.29 is 4.79 Å². The largest absolute Gasteiger partial charge is 0.375 e. The zero-order chi connectivity index (χ0) is 18.1. The number of carbonyl (C=O) groups excluding carboxylic acids is 1. The molecule has 4 rings (SSSR count). The number of anilines is 1. The molecule has 2 aromatic heterocycles. The molecule has 0 radical (unpaired) electrons. The highest BCUT2D eigenvalue weighted by molar-refractivity contribution is 7.13. The van der Waals surface area contributed by atoms with Gasteiger partial charge in [0.2, 0.25) is 0 Å². The number of nitrogen functional groups attached to an aromatic ring is 1. The summed E-state index contributed by atoms with van der Waals surface area (Å²) in [5.74, 6) is 0.0788. The Hall–Kier alpha value is -2.25. The van der Waals surface area contributed by atoms with Crippen molar-refractivity contribution in [3.05, 3.63) is 63.1 Å². The zero-order valence-corrected chi connectivity index (χ0v) is 16.1. The average Bonchev–Trinajstić information content (AvgIpc) is 3.31. The molecule has 0 atom stereocenters. The number of nitrogens with zero attached hydrogens (tertiary/aromatic N) is 3. The molecule has 0 unspecified atom stereocenters. The highest BCUT2D eigenvalue weighted by Crippen LogP contribution is 2.42. The molecule has 26 heavy (non-hydrogen) atoms. The lowest BCUT2D eigenvalue weighted by Gasteiger charge is -2.41. The van der Waals surface area contributed by atoms with E-state index in [9.17, 15) is 4.79 Å². The molecule has 0 saturated carbocycles. The summed E-state index contributed by atoms with van der Waals surface area (Å²) in [6, 6.07) is 10.4. The maximum atomic E-state index is 12.8. The average molecular weight is 385 g/mol. The van der Waals surface area contributed by atoms with Gasteiger partial charge in [0, 0.05) is 23.9 Å². The van der Waals surface area contributed by atoms with E-state index >= 15 is 0 Å². The van der Waals surface area contributed by atoms with Crippen molar-refractivity contribution in [2.75, 3.05) is 18.8 Å². The summed E-state index contributed by atoms with van der Waals surface area (Å²) in [5, 5.41) is 3.57. The van der Waals surface area contributed by atoms with E-state index in [2.05, 4.69) is 39.6 Å². The molecule has 3 aromatic rings. The van der Waals surface area contributed by atoms with Gasteiger partial charge in [-0.2, -0.15) is 0 Å². The summed E-state index contributed by atoms with van der Waals surface area (Å²) < 4.78 is 0. The van der Waals surface area contributed by atoms with E-state index in [1.165, 1.54) is 28.2 Å². The van der Waals surface area contributed by atoms with Crippen molar-refractivity contribution in [1.82, 2.24) is 14.9 Å².